The van der Waals surface area contributed by atoms with Gasteiger partial charge in [0, 0.05) is 11.6 Å². The van der Waals surface area contributed by atoms with Crippen molar-refractivity contribution in [2.24, 2.45) is 0 Å². The molecule has 1 atom stereocenters. The van der Waals surface area contributed by atoms with Crippen molar-refractivity contribution in [3.8, 4) is 0 Å². The monoisotopic (exact) mass is 356 g/mol. The lowest BCUT2D eigenvalue weighted by Gasteiger charge is -2.29. The number of halogens is 1. The van der Waals surface area contributed by atoms with Crippen molar-refractivity contribution in [3.63, 3.8) is 0 Å². The Morgan fingerprint density at radius 2 is 1.80 bits per heavy atom. The molecule has 2 aromatic rings. The van der Waals surface area contributed by atoms with Gasteiger partial charge in [-0.1, -0.05) is 54.1 Å². The minimum atomic E-state index is 0.0607. The van der Waals surface area contributed by atoms with Crippen molar-refractivity contribution in [3.05, 3.63) is 70.2 Å². The predicted octanol–water partition coefficient (Wildman–Crippen LogP) is 4.14. The first-order valence-electron chi connectivity index (χ1n) is 8.95. The summed E-state index contributed by atoms with van der Waals surface area (Å²) < 4.78 is 0. The Hall–Kier alpha value is -1.84. The van der Waals surface area contributed by atoms with E-state index >= 15 is 0 Å². The molecule has 1 aliphatic rings. The number of nitrogens with zero attached hydrogens (tertiary/aromatic N) is 1. The highest BCUT2D eigenvalue weighted by molar-refractivity contribution is 6.31. The number of hydrogen-bond acceptors (Lipinski definition) is 2. The summed E-state index contributed by atoms with van der Waals surface area (Å²) in [5.41, 5.74) is 3.33. The van der Waals surface area contributed by atoms with Crippen LogP contribution in [0.1, 0.15) is 35.6 Å². The second kappa shape index (κ2) is 8.50. The summed E-state index contributed by atoms with van der Waals surface area (Å²) in [6, 6.07) is 16.1. The summed E-state index contributed by atoms with van der Waals surface area (Å²) in [6.45, 7) is 4.75. The Balaban J connectivity index is 1.67. The Bertz CT molecular complexity index is 725. The van der Waals surface area contributed by atoms with Gasteiger partial charge in [0.15, 0.2) is 0 Å². The highest BCUT2D eigenvalue weighted by Gasteiger charge is 2.25. The Kier molecular flexibility index (Phi) is 6.11. The molecule has 0 saturated carbocycles. The maximum Gasteiger partial charge on any atom is 0.224 e. The number of hydrogen-bond donors (Lipinski definition) is 1. The largest absolute Gasteiger partial charge is 0.354 e. The van der Waals surface area contributed by atoms with E-state index in [1.165, 1.54) is 12.8 Å². The quantitative estimate of drug-likeness (QED) is 0.843. The second-order valence-electron chi connectivity index (χ2n) is 6.69. The molecule has 0 spiro atoms. The first-order valence-corrected chi connectivity index (χ1v) is 9.32. The molecule has 1 amide bonds. The fourth-order valence-corrected chi connectivity index (χ4v) is 3.75. The van der Waals surface area contributed by atoms with Gasteiger partial charge < -0.3 is 5.32 Å². The van der Waals surface area contributed by atoms with Crippen LogP contribution in [0.25, 0.3) is 0 Å². The number of amides is 1. The normalized spacial score (nSPS) is 15.9. The van der Waals surface area contributed by atoms with Crippen LogP contribution in [0, 0.1) is 6.92 Å². The van der Waals surface area contributed by atoms with Gasteiger partial charge in [-0.25, -0.2) is 0 Å². The molecule has 4 heteroatoms. The molecule has 1 fully saturated rings. The third kappa shape index (κ3) is 4.62. The van der Waals surface area contributed by atoms with Gasteiger partial charge in [-0.3, -0.25) is 9.69 Å². The van der Waals surface area contributed by atoms with Crippen LogP contribution in [0.5, 0.6) is 0 Å². The summed E-state index contributed by atoms with van der Waals surface area (Å²) >= 11 is 6.42. The summed E-state index contributed by atoms with van der Waals surface area (Å²) in [5.74, 6) is 0.0607. The fraction of sp³-hybridized carbons (Fsp3) is 0.381. The van der Waals surface area contributed by atoms with Crippen molar-refractivity contribution in [2.75, 3.05) is 19.6 Å². The number of benzene rings is 2. The van der Waals surface area contributed by atoms with E-state index < -0.39 is 0 Å². The molecular weight excluding hydrogens is 332 g/mol. The molecule has 0 radical (unpaired) electrons. The number of likely N-dealkylation sites (tertiary alicyclic amines) is 1. The summed E-state index contributed by atoms with van der Waals surface area (Å²) in [6.07, 6.45) is 2.83. The van der Waals surface area contributed by atoms with Gasteiger partial charge in [-0.05, 0) is 55.6 Å². The zero-order valence-electron chi connectivity index (χ0n) is 14.7. The topological polar surface area (TPSA) is 32.3 Å². The number of aryl methyl sites for hydroxylation is 1. The Morgan fingerprint density at radius 1 is 1.12 bits per heavy atom. The maximum absolute atomic E-state index is 12.4. The number of carbonyl (C=O) groups is 1. The first kappa shape index (κ1) is 18.0. The minimum absolute atomic E-state index is 0.0607. The maximum atomic E-state index is 12.4. The van der Waals surface area contributed by atoms with Crippen LogP contribution in [0.2, 0.25) is 5.02 Å². The highest BCUT2D eigenvalue weighted by Crippen LogP contribution is 2.29. The van der Waals surface area contributed by atoms with Crippen molar-refractivity contribution in [2.45, 2.75) is 32.2 Å². The van der Waals surface area contributed by atoms with E-state index in [4.69, 9.17) is 11.6 Å². The molecule has 0 aromatic heterocycles. The van der Waals surface area contributed by atoms with Crippen molar-refractivity contribution in [1.82, 2.24) is 10.2 Å². The molecule has 1 heterocycles. The van der Waals surface area contributed by atoms with Crippen molar-refractivity contribution < 1.29 is 4.79 Å². The molecular formula is C21H25ClN2O. The fourth-order valence-electron chi connectivity index (χ4n) is 3.49. The lowest BCUT2D eigenvalue weighted by atomic mass is 10.0. The molecule has 132 valence electrons. The number of nitrogens with one attached hydrogen (secondary N) is 1. The van der Waals surface area contributed by atoms with Crippen molar-refractivity contribution in [1.29, 1.82) is 0 Å². The molecule has 1 N–H and O–H groups in total. The van der Waals surface area contributed by atoms with Crippen LogP contribution < -0.4 is 5.32 Å². The lowest BCUT2D eigenvalue weighted by molar-refractivity contribution is -0.120. The SMILES string of the molecule is Cc1ccccc1CC(=O)NCC(c1ccccc1Cl)N1CCCC1. The Labute approximate surface area is 155 Å². The van der Waals surface area contributed by atoms with Crippen LogP contribution in [0.3, 0.4) is 0 Å². The Morgan fingerprint density at radius 3 is 2.52 bits per heavy atom. The van der Waals surface area contributed by atoms with Crippen LogP contribution >= 0.6 is 11.6 Å². The van der Waals surface area contributed by atoms with E-state index in [2.05, 4.69) is 16.3 Å². The van der Waals surface area contributed by atoms with E-state index in [1.807, 2.05) is 49.4 Å². The molecule has 0 bridgehead atoms. The standard InChI is InChI=1S/C21H25ClN2O/c1-16-8-2-3-9-17(16)14-21(25)23-15-20(24-12-6-7-13-24)18-10-4-5-11-19(18)22/h2-5,8-11,20H,6-7,12-15H2,1H3,(H,23,25). The van der Waals surface area contributed by atoms with Crippen LogP contribution in [0.4, 0.5) is 0 Å². The molecule has 3 nitrogen and oxygen atoms in total. The molecule has 1 unspecified atom stereocenters. The molecule has 1 aliphatic heterocycles. The number of carbonyl (C=O) groups excluding carboxylic acids is 1. The minimum Gasteiger partial charge on any atom is -0.354 e. The zero-order chi connectivity index (χ0) is 17.6. The van der Waals surface area contributed by atoms with E-state index in [9.17, 15) is 4.79 Å². The average Bonchev–Trinajstić information content (AvgIpc) is 3.13. The van der Waals surface area contributed by atoms with Gasteiger partial charge >= 0.3 is 0 Å². The van der Waals surface area contributed by atoms with E-state index in [1.54, 1.807) is 0 Å². The summed E-state index contributed by atoms with van der Waals surface area (Å²) in [7, 11) is 0. The molecule has 3 rings (SSSR count). The zero-order valence-corrected chi connectivity index (χ0v) is 15.4. The van der Waals surface area contributed by atoms with Gasteiger partial charge in [0.25, 0.3) is 0 Å². The molecule has 1 saturated heterocycles. The molecule has 0 aliphatic carbocycles. The van der Waals surface area contributed by atoms with E-state index in [-0.39, 0.29) is 11.9 Å². The van der Waals surface area contributed by atoms with Gasteiger partial charge in [0.2, 0.25) is 5.91 Å². The van der Waals surface area contributed by atoms with Gasteiger partial charge in [0.05, 0.1) is 12.5 Å². The van der Waals surface area contributed by atoms with Crippen molar-refractivity contribution >= 4 is 17.5 Å². The van der Waals surface area contributed by atoms with E-state index in [0.29, 0.717) is 13.0 Å². The second-order valence-corrected chi connectivity index (χ2v) is 7.09. The third-order valence-corrected chi connectivity index (χ3v) is 5.29. The first-order chi connectivity index (χ1) is 12.1. The van der Waals surface area contributed by atoms with Gasteiger partial charge in [-0.15, -0.1) is 0 Å². The summed E-state index contributed by atoms with van der Waals surface area (Å²) in [4.78, 5) is 14.9. The van der Waals surface area contributed by atoms with E-state index in [0.717, 1.165) is 34.8 Å². The highest BCUT2D eigenvalue weighted by atomic mass is 35.5. The summed E-state index contributed by atoms with van der Waals surface area (Å²) in [5, 5.41) is 3.89. The average molecular weight is 357 g/mol. The van der Waals surface area contributed by atoms with Crippen LogP contribution in [-0.2, 0) is 11.2 Å². The molecule has 2 aromatic carbocycles. The number of rotatable bonds is 6. The predicted molar refractivity (Wildman–Crippen MR) is 103 cm³/mol. The smallest absolute Gasteiger partial charge is 0.224 e. The molecule has 25 heavy (non-hydrogen) atoms. The van der Waals surface area contributed by atoms with Gasteiger partial charge in [-0.2, -0.15) is 0 Å². The van der Waals surface area contributed by atoms with Gasteiger partial charge in [0.1, 0.15) is 0 Å². The van der Waals surface area contributed by atoms with Crippen LogP contribution in [-0.4, -0.2) is 30.4 Å². The van der Waals surface area contributed by atoms with Crippen LogP contribution in [0.15, 0.2) is 48.5 Å². The third-order valence-electron chi connectivity index (χ3n) is 4.95. The lowest BCUT2D eigenvalue weighted by Crippen LogP contribution is -2.37.